The average Bonchev–Trinajstić information content (AvgIpc) is 2.44. The molecule has 0 aliphatic rings. The van der Waals surface area contributed by atoms with Gasteiger partial charge in [-0.05, 0) is 43.2 Å². The van der Waals surface area contributed by atoms with E-state index in [4.69, 9.17) is 4.74 Å². The Labute approximate surface area is 164 Å². The highest BCUT2D eigenvalue weighted by atomic mass is 16.6. The smallest absolute Gasteiger partial charge is 0.407 e. The molecule has 4 heteroatoms. The molecule has 0 aliphatic heterocycles. The molecule has 27 heavy (non-hydrogen) atoms. The summed E-state index contributed by atoms with van der Waals surface area (Å²) in [6.07, 6.45) is 0.0282. The molecule has 0 fully saturated rings. The molecule has 0 saturated heterocycles. The second kappa shape index (κ2) is 8.25. The molecule has 0 bridgehead atoms. The Balaban J connectivity index is 2.95. The molecular formula is C23H35NO3. The van der Waals surface area contributed by atoms with Crippen LogP contribution in [0.4, 0.5) is 4.79 Å². The molecule has 0 heterocycles. The van der Waals surface area contributed by atoms with Crippen molar-refractivity contribution in [3.8, 4) is 17.6 Å². The van der Waals surface area contributed by atoms with Crippen LogP contribution in [-0.4, -0.2) is 23.3 Å². The molecule has 1 aromatic rings. The van der Waals surface area contributed by atoms with E-state index in [9.17, 15) is 9.90 Å². The van der Waals surface area contributed by atoms with Gasteiger partial charge < -0.3 is 15.2 Å². The number of hydrogen-bond donors (Lipinski definition) is 2. The van der Waals surface area contributed by atoms with Crippen molar-refractivity contribution in [1.29, 1.82) is 0 Å². The minimum absolute atomic E-state index is 0.0393. The summed E-state index contributed by atoms with van der Waals surface area (Å²) < 4.78 is 5.19. The molecule has 1 amide bonds. The molecule has 2 N–H and O–H groups in total. The topological polar surface area (TPSA) is 58.6 Å². The Morgan fingerprint density at radius 2 is 1.63 bits per heavy atom. The first-order chi connectivity index (χ1) is 12.1. The zero-order valence-corrected chi connectivity index (χ0v) is 18.3. The number of aromatic hydroxyl groups is 1. The van der Waals surface area contributed by atoms with Gasteiger partial charge in [0.25, 0.3) is 0 Å². The first kappa shape index (κ1) is 22.9. The van der Waals surface area contributed by atoms with Crippen LogP contribution in [0.3, 0.4) is 0 Å². The Morgan fingerprint density at radius 3 is 2.11 bits per heavy atom. The van der Waals surface area contributed by atoms with Crippen molar-refractivity contribution in [3.05, 3.63) is 28.8 Å². The maximum atomic E-state index is 11.6. The molecule has 150 valence electrons. The van der Waals surface area contributed by atoms with Crippen LogP contribution < -0.4 is 5.32 Å². The number of carbonyl (C=O) groups is 1. The highest BCUT2D eigenvalue weighted by Gasteiger charge is 2.24. The number of hydrogen-bond acceptors (Lipinski definition) is 3. The zero-order valence-electron chi connectivity index (χ0n) is 18.3. The Morgan fingerprint density at radius 1 is 1.04 bits per heavy atom. The normalized spacial score (nSPS) is 12.2. The lowest BCUT2D eigenvalue weighted by Crippen LogP contribution is -2.32. The summed E-state index contributed by atoms with van der Waals surface area (Å²) in [4.78, 5) is 11.6. The number of phenols is 1. The van der Waals surface area contributed by atoms with Gasteiger partial charge in [-0.2, -0.15) is 0 Å². The first-order valence-electron chi connectivity index (χ1n) is 9.45. The standard InChI is InChI=1S/C23H35NO3/c1-21(2,3)17-14-16(19(25)18(15-17)22(4,5)6)12-10-11-13-24-20(26)27-23(7,8)9/h14-15,25H,11,13H2,1-9H3,(H,24,26). The van der Waals surface area contributed by atoms with Gasteiger partial charge in [0.15, 0.2) is 0 Å². The van der Waals surface area contributed by atoms with E-state index < -0.39 is 11.7 Å². The SMILES string of the molecule is CC(C)(C)OC(=O)NCCC#Cc1cc(C(C)(C)C)cc(C(C)(C)C)c1O. The van der Waals surface area contributed by atoms with E-state index in [1.165, 1.54) is 0 Å². The number of nitrogens with one attached hydrogen (secondary N) is 1. The maximum Gasteiger partial charge on any atom is 0.407 e. The molecule has 4 nitrogen and oxygen atoms in total. The fourth-order valence-corrected chi connectivity index (χ4v) is 2.43. The maximum absolute atomic E-state index is 11.6. The monoisotopic (exact) mass is 373 g/mol. The van der Waals surface area contributed by atoms with Crippen LogP contribution in [0.5, 0.6) is 5.75 Å². The van der Waals surface area contributed by atoms with Crippen molar-refractivity contribution >= 4 is 6.09 Å². The zero-order chi connectivity index (χ0) is 21.0. The van der Waals surface area contributed by atoms with Crippen LogP contribution in [0.15, 0.2) is 12.1 Å². The number of carbonyl (C=O) groups excluding carboxylic acids is 1. The minimum Gasteiger partial charge on any atom is -0.506 e. The van der Waals surface area contributed by atoms with E-state index in [0.29, 0.717) is 18.5 Å². The van der Waals surface area contributed by atoms with Gasteiger partial charge in [0.05, 0.1) is 5.56 Å². The van der Waals surface area contributed by atoms with Crippen LogP contribution >= 0.6 is 0 Å². The van der Waals surface area contributed by atoms with Gasteiger partial charge in [-0.15, -0.1) is 0 Å². The summed E-state index contributed by atoms with van der Waals surface area (Å²) in [5.74, 6) is 6.34. The fraction of sp³-hybridized carbons (Fsp3) is 0.609. The molecule has 0 aliphatic carbocycles. The summed E-state index contributed by atoms with van der Waals surface area (Å²) in [7, 11) is 0. The van der Waals surface area contributed by atoms with Crippen molar-refractivity contribution < 1.29 is 14.6 Å². The van der Waals surface area contributed by atoms with Crippen molar-refractivity contribution in [1.82, 2.24) is 5.32 Å². The van der Waals surface area contributed by atoms with E-state index in [-0.39, 0.29) is 16.6 Å². The molecule has 0 spiro atoms. The number of phenolic OH excluding ortho intramolecular Hbond substituents is 1. The predicted molar refractivity (Wildman–Crippen MR) is 111 cm³/mol. The Kier molecular flexibility index (Phi) is 6.99. The second-order valence-corrected chi connectivity index (χ2v) is 9.90. The lowest BCUT2D eigenvalue weighted by atomic mass is 9.79. The molecular weight excluding hydrogens is 338 g/mol. The van der Waals surface area contributed by atoms with Gasteiger partial charge in [-0.3, -0.25) is 0 Å². The number of alkyl carbamates (subject to hydrolysis) is 1. The molecule has 0 saturated carbocycles. The highest BCUT2D eigenvalue weighted by Crippen LogP contribution is 2.37. The third-order valence-electron chi connectivity index (χ3n) is 3.93. The average molecular weight is 374 g/mol. The largest absolute Gasteiger partial charge is 0.506 e. The highest BCUT2D eigenvalue weighted by molar-refractivity contribution is 5.67. The van der Waals surface area contributed by atoms with Crippen LogP contribution in [0.25, 0.3) is 0 Å². The third-order valence-corrected chi connectivity index (χ3v) is 3.93. The van der Waals surface area contributed by atoms with Crippen LogP contribution in [0.1, 0.15) is 85.4 Å². The van der Waals surface area contributed by atoms with Crippen molar-refractivity contribution in [3.63, 3.8) is 0 Å². The summed E-state index contributed by atoms with van der Waals surface area (Å²) in [5, 5.41) is 13.4. The predicted octanol–water partition coefficient (Wildman–Crippen LogP) is 5.25. The lowest BCUT2D eigenvalue weighted by molar-refractivity contribution is 0.0529. The van der Waals surface area contributed by atoms with Gasteiger partial charge in [-0.1, -0.05) is 59.4 Å². The number of ether oxygens (including phenoxy) is 1. The van der Waals surface area contributed by atoms with Crippen LogP contribution in [0.2, 0.25) is 0 Å². The Hall–Kier alpha value is -2.15. The summed E-state index contributed by atoms with van der Waals surface area (Å²) in [6, 6.07) is 4.03. The number of benzene rings is 1. The van der Waals surface area contributed by atoms with Crippen molar-refractivity contribution in [2.75, 3.05) is 6.54 Å². The van der Waals surface area contributed by atoms with Gasteiger partial charge in [-0.25, -0.2) is 4.79 Å². The lowest BCUT2D eigenvalue weighted by Gasteiger charge is -2.26. The van der Waals surface area contributed by atoms with E-state index in [1.54, 1.807) is 0 Å². The molecule has 0 aromatic heterocycles. The van der Waals surface area contributed by atoms with E-state index in [2.05, 4.69) is 64.8 Å². The second-order valence-electron chi connectivity index (χ2n) is 9.90. The van der Waals surface area contributed by atoms with Crippen LogP contribution in [-0.2, 0) is 15.6 Å². The Bertz CT molecular complexity index is 732. The van der Waals surface area contributed by atoms with E-state index >= 15 is 0 Å². The molecule has 0 unspecified atom stereocenters. The summed E-state index contributed by atoms with van der Waals surface area (Å²) in [6.45, 7) is 18.5. The van der Waals surface area contributed by atoms with Crippen molar-refractivity contribution in [2.45, 2.75) is 85.2 Å². The molecule has 1 aromatic carbocycles. The van der Waals surface area contributed by atoms with Gasteiger partial charge in [0.1, 0.15) is 11.4 Å². The minimum atomic E-state index is -0.516. The molecule has 0 radical (unpaired) electrons. The molecule has 0 atom stereocenters. The van der Waals surface area contributed by atoms with Crippen LogP contribution in [0, 0.1) is 11.8 Å². The van der Waals surface area contributed by atoms with Gasteiger partial charge in [0, 0.05) is 18.5 Å². The fourth-order valence-electron chi connectivity index (χ4n) is 2.43. The third kappa shape index (κ3) is 7.54. The van der Waals surface area contributed by atoms with Gasteiger partial charge in [0.2, 0.25) is 0 Å². The number of rotatable bonds is 2. The molecule has 1 rings (SSSR count). The first-order valence-corrected chi connectivity index (χ1v) is 9.45. The quantitative estimate of drug-likeness (QED) is 0.549. The summed E-state index contributed by atoms with van der Waals surface area (Å²) in [5.41, 5.74) is 1.93. The van der Waals surface area contributed by atoms with E-state index in [0.717, 1.165) is 11.1 Å². The number of amides is 1. The summed E-state index contributed by atoms with van der Waals surface area (Å²) >= 11 is 0. The van der Waals surface area contributed by atoms with E-state index in [1.807, 2.05) is 26.8 Å². The van der Waals surface area contributed by atoms with Gasteiger partial charge >= 0.3 is 6.09 Å². The van der Waals surface area contributed by atoms with Crippen molar-refractivity contribution in [2.24, 2.45) is 0 Å².